The number of aromatic nitrogens is 1. The molecule has 6 nitrogen and oxygen atoms in total. The van der Waals surface area contributed by atoms with Crippen molar-refractivity contribution in [2.45, 2.75) is 43.7 Å². The number of amides is 2. The van der Waals surface area contributed by atoms with Crippen LogP contribution in [0.5, 0.6) is 0 Å². The van der Waals surface area contributed by atoms with Crippen molar-refractivity contribution < 1.29 is 14.7 Å². The van der Waals surface area contributed by atoms with Gasteiger partial charge in [-0.25, -0.2) is 0 Å². The monoisotopic (exact) mass is 417 g/mol. The van der Waals surface area contributed by atoms with Crippen molar-refractivity contribution >= 4 is 17.4 Å². The standard InChI is InChI=1S/C25H27N3O3/c29-16-22-25(20-9-7-19(8-10-20)18-5-1-2-6-18)21-14-27(15-24(31)28(21)22)23(30)12-17-4-3-11-26-13-17/h3-5,7-11,13,21-22,25,29H,1-2,6,12,14-16H2/t21-,22+,25-/m1/s1. The summed E-state index contributed by atoms with van der Waals surface area (Å²) in [4.78, 5) is 33.2. The number of nitrogens with zero attached hydrogens (tertiary/aromatic N) is 3. The minimum atomic E-state index is -0.218. The number of aliphatic hydroxyl groups is 1. The number of carbonyl (C=O) groups excluding carboxylic acids is 2. The maximum Gasteiger partial charge on any atom is 0.242 e. The largest absolute Gasteiger partial charge is 0.394 e. The molecular formula is C25H27N3O3. The Hall–Kier alpha value is -2.99. The van der Waals surface area contributed by atoms with Gasteiger partial charge in [-0.1, -0.05) is 36.4 Å². The zero-order chi connectivity index (χ0) is 21.4. The minimum absolute atomic E-state index is 0.0366. The van der Waals surface area contributed by atoms with Crippen LogP contribution < -0.4 is 0 Å². The van der Waals surface area contributed by atoms with Crippen LogP contribution in [0.4, 0.5) is 0 Å². The predicted molar refractivity (Wildman–Crippen MR) is 117 cm³/mol. The second-order valence-electron chi connectivity index (χ2n) is 8.70. The van der Waals surface area contributed by atoms with E-state index in [2.05, 4.69) is 35.3 Å². The third-order valence-electron chi connectivity index (χ3n) is 6.89. The third-order valence-corrected chi connectivity index (χ3v) is 6.89. The van der Waals surface area contributed by atoms with E-state index in [-0.39, 0.29) is 49.4 Å². The number of allylic oxidation sites excluding steroid dienone is 2. The fraction of sp³-hybridized carbons (Fsp3) is 0.400. The Morgan fingerprint density at radius 1 is 1.19 bits per heavy atom. The SMILES string of the molecule is O=C(Cc1cccnc1)N1CC(=O)N2[C@H](C1)[C@@H](c1ccc(C3=CCCC3)cc1)[C@@H]2CO. The van der Waals surface area contributed by atoms with E-state index in [0.29, 0.717) is 6.54 Å². The average molecular weight is 418 g/mol. The first-order valence-corrected chi connectivity index (χ1v) is 11.0. The molecule has 2 amide bonds. The van der Waals surface area contributed by atoms with Crippen molar-refractivity contribution in [3.8, 4) is 0 Å². The highest BCUT2D eigenvalue weighted by molar-refractivity contribution is 5.88. The molecule has 3 atom stereocenters. The van der Waals surface area contributed by atoms with Gasteiger partial charge >= 0.3 is 0 Å². The summed E-state index contributed by atoms with van der Waals surface area (Å²) >= 11 is 0. The first-order chi connectivity index (χ1) is 15.2. The fourth-order valence-electron chi connectivity index (χ4n) is 5.33. The van der Waals surface area contributed by atoms with Crippen molar-refractivity contribution in [2.75, 3.05) is 19.7 Å². The van der Waals surface area contributed by atoms with E-state index in [1.165, 1.54) is 17.6 Å². The lowest BCUT2D eigenvalue weighted by Crippen LogP contribution is -2.73. The van der Waals surface area contributed by atoms with Crippen LogP contribution in [-0.2, 0) is 16.0 Å². The molecule has 1 aromatic heterocycles. The molecule has 2 aromatic rings. The molecule has 0 radical (unpaired) electrons. The molecule has 2 saturated heterocycles. The molecule has 31 heavy (non-hydrogen) atoms. The maximum atomic E-state index is 12.8. The second kappa shape index (κ2) is 8.27. The van der Waals surface area contributed by atoms with Crippen molar-refractivity contribution in [2.24, 2.45) is 0 Å². The molecule has 160 valence electrons. The summed E-state index contributed by atoms with van der Waals surface area (Å²) in [6.07, 6.45) is 9.40. The lowest BCUT2D eigenvalue weighted by atomic mass is 9.73. The van der Waals surface area contributed by atoms with Crippen molar-refractivity contribution in [1.82, 2.24) is 14.8 Å². The zero-order valence-corrected chi connectivity index (χ0v) is 17.5. The Kier molecular flexibility index (Phi) is 5.32. The summed E-state index contributed by atoms with van der Waals surface area (Å²) in [5, 5.41) is 9.98. The summed E-state index contributed by atoms with van der Waals surface area (Å²) in [6.45, 7) is 0.508. The number of benzene rings is 1. The Balaban J connectivity index is 1.33. The zero-order valence-electron chi connectivity index (χ0n) is 17.5. The van der Waals surface area contributed by atoms with Crippen molar-refractivity contribution in [3.63, 3.8) is 0 Å². The number of piperazine rings is 1. The second-order valence-corrected chi connectivity index (χ2v) is 8.70. The number of rotatable bonds is 5. The van der Waals surface area contributed by atoms with Crippen LogP contribution in [0, 0.1) is 0 Å². The van der Waals surface area contributed by atoms with E-state index in [1.807, 2.05) is 12.1 Å². The van der Waals surface area contributed by atoms with E-state index in [9.17, 15) is 14.7 Å². The van der Waals surface area contributed by atoms with Crippen LogP contribution in [0.3, 0.4) is 0 Å². The first kappa shape index (κ1) is 19.9. The van der Waals surface area contributed by atoms with Crippen LogP contribution in [0.2, 0.25) is 0 Å². The van der Waals surface area contributed by atoms with E-state index < -0.39 is 0 Å². The molecule has 5 rings (SSSR count). The van der Waals surface area contributed by atoms with Crippen molar-refractivity contribution in [1.29, 1.82) is 0 Å². The predicted octanol–water partition coefficient (Wildman–Crippen LogP) is 2.39. The highest BCUT2D eigenvalue weighted by Gasteiger charge is 2.54. The molecule has 1 aliphatic carbocycles. The molecule has 0 saturated carbocycles. The number of fused-ring (bicyclic) bond motifs is 1. The summed E-state index contributed by atoms with van der Waals surface area (Å²) in [7, 11) is 0. The lowest BCUT2D eigenvalue weighted by molar-refractivity contribution is -0.166. The van der Waals surface area contributed by atoms with Gasteiger partial charge in [-0.15, -0.1) is 0 Å². The Labute approximate surface area is 182 Å². The van der Waals surface area contributed by atoms with Crippen molar-refractivity contribution in [3.05, 3.63) is 71.6 Å². The molecule has 1 N–H and O–H groups in total. The van der Waals surface area contributed by atoms with Gasteiger partial charge in [-0.3, -0.25) is 14.6 Å². The quantitative estimate of drug-likeness (QED) is 0.811. The van der Waals surface area contributed by atoms with Crippen LogP contribution in [0.25, 0.3) is 5.57 Å². The van der Waals surface area contributed by atoms with E-state index in [1.54, 1.807) is 22.2 Å². The Bertz CT molecular complexity index is 1000. The third kappa shape index (κ3) is 3.65. The summed E-state index contributed by atoms with van der Waals surface area (Å²) in [5.74, 6) is -0.107. The van der Waals surface area contributed by atoms with Gasteiger partial charge in [-0.05, 0) is 47.6 Å². The highest BCUT2D eigenvalue weighted by atomic mass is 16.3. The summed E-state index contributed by atoms with van der Waals surface area (Å²) in [6, 6.07) is 11.9. The van der Waals surface area contributed by atoms with Crippen LogP contribution in [-0.4, -0.2) is 63.5 Å². The first-order valence-electron chi connectivity index (χ1n) is 11.0. The number of carbonyl (C=O) groups is 2. The lowest BCUT2D eigenvalue weighted by Gasteiger charge is -2.58. The number of hydrogen-bond donors (Lipinski definition) is 1. The topological polar surface area (TPSA) is 73.7 Å². The molecular weight excluding hydrogens is 390 g/mol. The molecule has 0 bridgehead atoms. The van der Waals surface area contributed by atoms with Gasteiger partial charge in [0.15, 0.2) is 0 Å². The van der Waals surface area contributed by atoms with Crippen LogP contribution in [0.1, 0.15) is 41.9 Å². The molecule has 3 heterocycles. The van der Waals surface area contributed by atoms with Gasteiger partial charge in [0.05, 0.1) is 31.7 Å². The molecule has 2 aliphatic heterocycles. The molecule has 6 heteroatoms. The Morgan fingerprint density at radius 3 is 2.71 bits per heavy atom. The van der Waals surface area contributed by atoms with E-state index in [0.717, 1.165) is 24.0 Å². The molecule has 0 spiro atoms. The summed E-state index contributed by atoms with van der Waals surface area (Å²) < 4.78 is 0. The maximum absolute atomic E-state index is 12.8. The minimum Gasteiger partial charge on any atom is -0.394 e. The van der Waals surface area contributed by atoms with Gasteiger partial charge in [0, 0.05) is 24.9 Å². The average Bonchev–Trinajstić information content (AvgIpc) is 3.31. The van der Waals surface area contributed by atoms with Crippen LogP contribution >= 0.6 is 0 Å². The smallest absolute Gasteiger partial charge is 0.242 e. The van der Waals surface area contributed by atoms with Gasteiger partial charge < -0.3 is 14.9 Å². The molecule has 3 aliphatic rings. The molecule has 2 fully saturated rings. The van der Waals surface area contributed by atoms with Gasteiger partial charge in [0.2, 0.25) is 11.8 Å². The fourth-order valence-corrected chi connectivity index (χ4v) is 5.33. The van der Waals surface area contributed by atoms with E-state index >= 15 is 0 Å². The normalized spacial score (nSPS) is 25.1. The van der Waals surface area contributed by atoms with Gasteiger partial charge in [0.1, 0.15) is 0 Å². The number of pyridine rings is 1. The number of hydrogen-bond acceptors (Lipinski definition) is 4. The summed E-state index contributed by atoms with van der Waals surface area (Å²) in [5.41, 5.74) is 4.63. The van der Waals surface area contributed by atoms with Crippen LogP contribution in [0.15, 0.2) is 54.9 Å². The van der Waals surface area contributed by atoms with Gasteiger partial charge in [0.25, 0.3) is 0 Å². The van der Waals surface area contributed by atoms with Gasteiger partial charge in [-0.2, -0.15) is 0 Å². The van der Waals surface area contributed by atoms with E-state index in [4.69, 9.17) is 0 Å². The number of aliphatic hydroxyl groups excluding tert-OH is 1. The molecule has 0 unspecified atom stereocenters. The Morgan fingerprint density at radius 2 is 2.03 bits per heavy atom. The highest BCUT2D eigenvalue weighted by Crippen LogP contribution is 2.43. The molecule has 1 aromatic carbocycles.